The van der Waals surface area contributed by atoms with E-state index in [4.69, 9.17) is 5.11 Å². The van der Waals surface area contributed by atoms with Crippen LogP contribution in [0, 0.1) is 11.7 Å². The van der Waals surface area contributed by atoms with Crippen molar-refractivity contribution in [1.82, 2.24) is 5.32 Å². The molecular weight excluding hydrogens is 366 g/mol. The van der Waals surface area contributed by atoms with Crippen LogP contribution in [0.3, 0.4) is 0 Å². The van der Waals surface area contributed by atoms with E-state index < -0.39 is 39.6 Å². The van der Waals surface area contributed by atoms with E-state index in [0.29, 0.717) is 10.8 Å². The molecule has 6 nitrogen and oxygen atoms in total. The van der Waals surface area contributed by atoms with Crippen LogP contribution in [-0.2, 0) is 9.59 Å². The molecule has 2 N–H and O–H groups in total. The van der Waals surface area contributed by atoms with Gasteiger partial charge in [-0.2, -0.15) is 0 Å². The second-order valence-corrected chi connectivity index (χ2v) is 8.36. The van der Waals surface area contributed by atoms with Crippen LogP contribution in [0.15, 0.2) is 18.2 Å². The molecular formula is C15H18AsFN2O4. The molecule has 1 aromatic carbocycles. The minimum absolute atomic E-state index is 0.0688. The summed E-state index contributed by atoms with van der Waals surface area (Å²) < 4.78 is 15.1. The van der Waals surface area contributed by atoms with Crippen molar-refractivity contribution in [2.24, 2.45) is 5.92 Å². The van der Waals surface area contributed by atoms with Crippen LogP contribution in [0.5, 0.6) is 0 Å². The van der Waals surface area contributed by atoms with Gasteiger partial charge in [0, 0.05) is 0 Å². The molecule has 1 aliphatic rings. The maximum atomic E-state index is 14.3. The predicted octanol–water partition coefficient (Wildman–Crippen LogP) is 0.443. The number of rotatable bonds is 5. The average molecular weight is 384 g/mol. The zero-order chi connectivity index (χ0) is 17.1. The summed E-state index contributed by atoms with van der Waals surface area (Å²) in [6.07, 6.45) is -0.981. The number of nitrogens with one attached hydrogen (secondary N) is 1. The molecule has 0 radical (unpaired) electrons. The molecule has 0 spiro atoms. The fourth-order valence-corrected chi connectivity index (χ4v) is 4.26. The van der Waals surface area contributed by atoms with E-state index >= 15 is 0 Å². The molecule has 2 atom stereocenters. The molecule has 0 aromatic heterocycles. The number of halogens is 1. The van der Waals surface area contributed by atoms with E-state index in [0.717, 1.165) is 0 Å². The van der Waals surface area contributed by atoms with Crippen LogP contribution < -0.4 is 14.6 Å². The van der Waals surface area contributed by atoms with Gasteiger partial charge in [-0.3, -0.25) is 0 Å². The summed E-state index contributed by atoms with van der Waals surface area (Å²) in [5.74, 6) is -1.10. The third-order valence-corrected chi connectivity index (χ3v) is 6.52. The molecule has 2 rings (SSSR count). The Morgan fingerprint density at radius 2 is 2.13 bits per heavy atom. The van der Waals surface area contributed by atoms with Crippen molar-refractivity contribution in [3.05, 3.63) is 24.0 Å². The topological polar surface area (TPSA) is 86.7 Å². The Labute approximate surface area is 139 Å². The first-order chi connectivity index (χ1) is 10.8. The molecule has 8 heteroatoms. The van der Waals surface area contributed by atoms with Crippen LogP contribution >= 0.6 is 0 Å². The van der Waals surface area contributed by atoms with Gasteiger partial charge in [0.1, 0.15) is 0 Å². The number of hydrogen-bond donors (Lipinski definition) is 2. The van der Waals surface area contributed by atoms with Gasteiger partial charge in [-0.05, 0) is 0 Å². The van der Waals surface area contributed by atoms with Gasteiger partial charge >= 0.3 is 139 Å². The van der Waals surface area contributed by atoms with Gasteiger partial charge in [-0.25, -0.2) is 0 Å². The molecule has 2 amide bonds. The number of nitrogens with zero attached hydrogens (tertiary/aromatic N) is 1. The number of carboxylic acid groups (broad SMARTS) is 1. The van der Waals surface area contributed by atoms with Gasteiger partial charge in [0.05, 0.1) is 0 Å². The van der Waals surface area contributed by atoms with Gasteiger partial charge in [0.15, 0.2) is 0 Å². The van der Waals surface area contributed by atoms with Gasteiger partial charge in [-0.15, -0.1) is 0 Å². The van der Waals surface area contributed by atoms with Gasteiger partial charge < -0.3 is 0 Å². The van der Waals surface area contributed by atoms with E-state index in [2.05, 4.69) is 5.32 Å². The van der Waals surface area contributed by atoms with Crippen molar-refractivity contribution in [2.45, 2.75) is 26.3 Å². The Kier molecular flexibility index (Phi) is 5.42. The summed E-state index contributed by atoms with van der Waals surface area (Å²) in [4.78, 5) is 35.8. The fourth-order valence-electron chi connectivity index (χ4n) is 2.29. The van der Waals surface area contributed by atoms with Crippen LogP contribution in [0.4, 0.5) is 14.9 Å². The second-order valence-electron chi connectivity index (χ2n) is 5.59. The van der Waals surface area contributed by atoms with Crippen molar-refractivity contribution in [1.29, 1.82) is 0 Å². The molecule has 23 heavy (non-hydrogen) atoms. The first kappa shape index (κ1) is 17.5. The predicted molar refractivity (Wildman–Crippen MR) is 84.9 cm³/mol. The molecule has 0 aliphatic carbocycles. The number of carbonyl (C=O) groups excluding carboxylic acids is 2. The summed E-state index contributed by atoms with van der Waals surface area (Å²) in [6.45, 7) is 3.88. The number of carbonyl (C=O) groups is 3. The first-order valence-electron chi connectivity index (χ1n) is 7.21. The Balaban J connectivity index is 2.14. The Morgan fingerprint density at radius 3 is 2.70 bits per heavy atom. The summed E-state index contributed by atoms with van der Waals surface area (Å²) >= 11 is -1.07. The molecule has 1 aliphatic heterocycles. The summed E-state index contributed by atoms with van der Waals surface area (Å²) in [5.41, 5.74) is 0.122. The van der Waals surface area contributed by atoms with Crippen molar-refractivity contribution >= 4 is 42.4 Å². The summed E-state index contributed by atoms with van der Waals surface area (Å²) in [6, 6.07) is 3.62. The SMILES string of the molecule is CC(C)C(=O)[AsH]c1ccc(N2CC[C@H](NC(=O)O)C2=O)c(F)c1. The second kappa shape index (κ2) is 7.13. The maximum absolute atomic E-state index is 14.3. The zero-order valence-electron chi connectivity index (χ0n) is 12.8. The third kappa shape index (κ3) is 4.10. The quantitative estimate of drug-likeness (QED) is 0.722. The molecule has 0 bridgehead atoms. The minimum atomic E-state index is -1.28. The van der Waals surface area contributed by atoms with Crippen LogP contribution in [0.1, 0.15) is 20.3 Å². The Bertz CT molecular complexity index is 650. The molecule has 1 fully saturated rings. The fraction of sp³-hybridized carbons (Fsp3) is 0.400. The standard InChI is InChI=1S/C15H18AsFN2O4/c1-8(2)13(20)16-9-3-4-12(10(17)7-9)19-6-5-11(14(19)21)18-15(22)23/h3-4,7-8,11,16,18H,5-6H2,1-2H3,(H,22,23)/t11-/m0/s1. The first-order valence-corrected chi connectivity index (χ1v) is 9.30. The molecule has 124 valence electrons. The summed E-state index contributed by atoms with van der Waals surface area (Å²) in [5, 5.41) is 10.8. The van der Waals surface area contributed by atoms with E-state index in [1.54, 1.807) is 6.07 Å². The number of anilines is 1. The molecule has 1 unspecified atom stereocenters. The molecule has 1 heterocycles. The van der Waals surface area contributed by atoms with Crippen molar-refractivity contribution < 1.29 is 23.9 Å². The van der Waals surface area contributed by atoms with E-state index in [1.165, 1.54) is 17.0 Å². The van der Waals surface area contributed by atoms with Gasteiger partial charge in [0.25, 0.3) is 0 Å². The van der Waals surface area contributed by atoms with Gasteiger partial charge in [0.2, 0.25) is 0 Å². The zero-order valence-corrected chi connectivity index (χ0v) is 14.9. The Hall–Kier alpha value is -1.88. The third-order valence-electron chi connectivity index (χ3n) is 3.53. The van der Waals surface area contributed by atoms with Crippen LogP contribution in [-0.4, -0.2) is 50.0 Å². The van der Waals surface area contributed by atoms with E-state index in [1.807, 2.05) is 13.8 Å². The normalized spacial score (nSPS) is 18.2. The van der Waals surface area contributed by atoms with Crippen molar-refractivity contribution in [2.75, 3.05) is 11.4 Å². The average Bonchev–Trinajstić information content (AvgIpc) is 2.80. The molecule has 0 saturated carbocycles. The Morgan fingerprint density at radius 1 is 1.43 bits per heavy atom. The monoisotopic (exact) mass is 384 g/mol. The number of hydrogen-bond acceptors (Lipinski definition) is 3. The summed E-state index contributed by atoms with van der Waals surface area (Å²) in [7, 11) is 0. The van der Waals surface area contributed by atoms with Crippen LogP contribution in [0.2, 0.25) is 0 Å². The van der Waals surface area contributed by atoms with Gasteiger partial charge in [-0.1, -0.05) is 0 Å². The number of amides is 2. The van der Waals surface area contributed by atoms with Crippen molar-refractivity contribution in [3.8, 4) is 0 Å². The number of benzene rings is 1. The molecule has 1 aromatic rings. The van der Waals surface area contributed by atoms with E-state index in [-0.39, 0.29) is 22.7 Å². The van der Waals surface area contributed by atoms with Crippen molar-refractivity contribution in [3.63, 3.8) is 0 Å². The van der Waals surface area contributed by atoms with E-state index in [9.17, 15) is 18.8 Å². The van der Waals surface area contributed by atoms with Crippen LogP contribution in [0.25, 0.3) is 0 Å². The molecule has 1 saturated heterocycles.